The number of aromatic amines is 1. The number of nitrogens with one attached hydrogen (secondary N) is 1. The Hall–Kier alpha value is -2.92. The van der Waals surface area contributed by atoms with Crippen LogP contribution >= 0.6 is 0 Å². The predicted octanol–water partition coefficient (Wildman–Crippen LogP) is 2.49. The number of hydrogen-bond acceptors (Lipinski definition) is 4. The zero-order valence-corrected chi connectivity index (χ0v) is 12.7. The second kappa shape index (κ2) is 6.46. The van der Waals surface area contributed by atoms with E-state index in [9.17, 15) is 4.79 Å². The van der Waals surface area contributed by atoms with E-state index in [2.05, 4.69) is 10.2 Å². The summed E-state index contributed by atoms with van der Waals surface area (Å²) in [6, 6.07) is 18.2. The molecular weight excluding hydrogens is 290 g/mol. The van der Waals surface area contributed by atoms with Crippen LogP contribution in [0, 0.1) is 0 Å². The lowest BCUT2D eigenvalue weighted by atomic mass is 9.99. The maximum absolute atomic E-state index is 12.1. The molecule has 2 aromatic carbocycles. The van der Waals surface area contributed by atoms with Crippen molar-refractivity contribution in [3.63, 3.8) is 0 Å². The van der Waals surface area contributed by atoms with E-state index < -0.39 is 6.04 Å². The van der Waals surface area contributed by atoms with Crippen molar-refractivity contribution in [3.05, 3.63) is 82.1 Å². The van der Waals surface area contributed by atoms with Gasteiger partial charge in [-0.1, -0.05) is 30.3 Å². The van der Waals surface area contributed by atoms with Crippen LogP contribution in [0.5, 0.6) is 5.75 Å². The monoisotopic (exact) mass is 307 g/mol. The Morgan fingerprint density at radius 3 is 2.43 bits per heavy atom. The van der Waals surface area contributed by atoms with Gasteiger partial charge in [0.15, 0.2) is 0 Å². The van der Waals surface area contributed by atoms with Gasteiger partial charge in [-0.05, 0) is 35.9 Å². The lowest BCUT2D eigenvalue weighted by molar-refractivity contribution is 0.415. The summed E-state index contributed by atoms with van der Waals surface area (Å²) in [4.78, 5) is 12.1. The summed E-state index contributed by atoms with van der Waals surface area (Å²) in [6.07, 6.45) is 0. The molecule has 0 radical (unpaired) electrons. The minimum Gasteiger partial charge on any atom is -0.497 e. The summed E-state index contributed by atoms with van der Waals surface area (Å²) >= 11 is 0. The van der Waals surface area contributed by atoms with Crippen LogP contribution in [0.15, 0.2) is 65.5 Å². The van der Waals surface area contributed by atoms with Gasteiger partial charge in [0.05, 0.1) is 18.8 Å². The number of aromatic nitrogens is 2. The average Bonchev–Trinajstić information content (AvgIpc) is 2.62. The van der Waals surface area contributed by atoms with Gasteiger partial charge >= 0.3 is 0 Å². The van der Waals surface area contributed by atoms with Crippen molar-refractivity contribution in [1.29, 1.82) is 0 Å². The first-order valence-corrected chi connectivity index (χ1v) is 7.23. The number of H-pyrrole nitrogens is 1. The molecule has 0 bridgehead atoms. The Balaban J connectivity index is 2.00. The molecule has 1 heterocycles. The fourth-order valence-electron chi connectivity index (χ4n) is 2.40. The quantitative estimate of drug-likeness (QED) is 0.776. The van der Waals surface area contributed by atoms with E-state index in [0.717, 1.165) is 16.9 Å². The minimum atomic E-state index is -0.500. The van der Waals surface area contributed by atoms with E-state index in [1.54, 1.807) is 13.2 Å². The van der Waals surface area contributed by atoms with Gasteiger partial charge < -0.3 is 10.5 Å². The van der Waals surface area contributed by atoms with Gasteiger partial charge in [-0.25, -0.2) is 5.10 Å². The van der Waals surface area contributed by atoms with Gasteiger partial charge in [0.2, 0.25) is 0 Å². The highest BCUT2D eigenvalue weighted by Gasteiger charge is 2.14. The third kappa shape index (κ3) is 3.14. The van der Waals surface area contributed by atoms with Crippen LogP contribution in [-0.4, -0.2) is 17.3 Å². The SMILES string of the molecule is COc1ccc(-c2cc(C(N)c3ccccc3)c(=O)[nH]n2)cc1. The summed E-state index contributed by atoms with van der Waals surface area (Å²) in [5, 5.41) is 6.64. The van der Waals surface area contributed by atoms with Crippen molar-refractivity contribution in [2.75, 3.05) is 7.11 Å². The molecule has 0 amide bonds. The van der Waals surface area contributed by atoms with Gasteiger partial charge in [-0.3, -0.25) is 4.79 Å². The Labute approximate surface area is 133 Å². The molecule has 0 aliphatic rings. The van der Waals surface area contributed by atoms with Crippen molar-refractivity contribution in [3.8, 4) is 17.0 Å². The molecule has 3 N–H and O–H groups in total. The molecule has 0 saturated carbocycles. The van der Waals surface area contributed by atoms with Gasteiger partial charge in [-0.15, -0.1) is 0 Å². The van der Waals surface area contributed by atoms with E-state index in [-0.39, 0.29) is 5.56 Å². The van der Waals surface area contributed by atoms with Crippen LogP contribution in [0.1, 0.15) is 17.2 Å². The first-order valence-electron chi connectivity index (χ1n) is 7.23. The molecule has 0 spiro atoms. The number of ether oxygens (including phenoxy) is 1. The third-order valence-electron chi connectivity index (χ3n) is 3.71. The summed E-state index contributed by atoms with van der Waals surface area (Å²) in [7, 11) is 1.62. The predicted molar refractivity (Wildman–Crippen MR) is 89.3 cm³/mol. The summed E-state index contributed by atoms with van der Waals surface area (Å²) in [5.74, 6) is 0.763. The molecule has 23 heavy (non-hydrogen) atoms. The molecule has 0 aliphatic carbocycles. The highest BCUT2D eigenvalue weighted by atomic mass is 16.5. The first kappa shape index (κ1) is 15.0. The van der Waals surface area contributed by atoms with Crippen LogP contribution in [0.2, 0.25) is 0 Å². The topological polar surface area (TPSA) is 81.0 Å². The largest absolute Gasteiger partial charge is 0.497 e. The van der Waals surface area contributed by atoms with Gasteiger partial charge in [0.1, 0.15) is 5.75 Å². The summed E-state index contributed by atoms with van der Waals surface area (Å²) < 4.78 is 5.15. The van der Waals surface area contributed by atoms with Crippen molar-refractivity contribution < 1.29 is 4.74 Å². The maximum Gasteiger partial charge on any atom is 0.269 e. The fourth-order valence-corrected chi connectivity index (χ4v) is 2.40. The number of rotatable bonds is 4. The minimum absolute atomic E-state index is 0.279. The molecule has 1 atom stereocenters. The summed E-state index contributed by atoms with van der Waals surface area (Å²) in [6.45, 7) is 0. The van der Waals surface area contributed by atoms with Gasteiger partial charge in [0, 0.05) is 11.1 Å². The van der Waals surface area contributed by atoms with E-state index in [0.29, 0.717) is 11.3 Å². The lowest BCUT2D eigenvalue weighted by Gasteiger charge is -2.12. The van der Waals surface area contributed by atoms with Crippen LogP contribution in [0.3, 0.4) is 0 Å². The molecule has 3 aromatic rings. The molecule has 0 fully saturated rings. The normalized spacial score (nSPS) is 11.9. The van der Waals surface area contributed by atoms with Crippen LogP contribution in [-0.2, 0) is 0 Å². The molecule has 5 heteroatoms. The molecule has 1 aromatic heterocycles. The second-order valence-electron chi connectivity index (χ2n) is 5.15. The van der Waals surface area contributed by atoms with Crippen molar-refractivity contribution in [1.82, 2.24) is 10.2 Å². The highest BCUT2D eigenvalue weighted by molar-refractivity contribution is 5.60. The van der Waals surface area contributed by atoms with Crippen LogP contribution in [0.4, 0.5) is 0 Å². The maximum atomic E-state index is 12.1. The fraction of sp³-hybridized carbons (Fsp3) is 0.111. The zero-order valence-electron chi connectivity index (χ0n) is 12.7. The Morgan fingerprint density at radius 1 is 1.09 bits per heavy atom. The number of nitrogens with zero attached hydrogens (tertiary/aromatic N) is 1. The standard InChI is InChI=1S/C18H17N3O2/c1-23-14-9-7-12(8-10-14)16-11-15(18(22)21-20-16)17(19)13-5-3-2-4-6-13/h2-11,17H,19H2,1H3,(H,21,22). The van der Waals surface area contributed by atoms with E-state index >= 15 is 0 Å². The van der Waals surface area contributed by atoms with E-state index in [1.165, 1.54) is 0 Å². The molecule has 0 saturated heterocycles. The average molecular weight is 307 g/mol. The number of benzene rings is 2. The molecular formula is C18H17N3O2. The molecule has 5 nitrogen and oxygen atoms in total. The second-order valence-corrected chi connectivity index (χ2v) is 5.15. The number of methoxy groups -OCH3 is 1. The highest BCUT2D eigenvalue weighted by Crippen LogP contribution is 2.23. The molecule has 3 rings (SSSR count). The Kier molecular flexibility index (Phi) is 4.21. The molecule has 0 aliphatic heterocycles. The third-order valence-corrected chi connectivity index (χ3v) is 3.71. The van der Waals surface area contributed by atoms with Crippen LogP contribution in [0.25, 0.3) is 11.3 Å². The molecule has 1 unspecified atom stereocenters. The van der Waals surface area contributed by atoms with E-state index in [4.69, 9.17) is 10.5 Å². The van der Waals surface area contributed by atoms with Crippen molar-refractivity contribution >= 4 is 0 Å². The van der Waals surface area contributed by atoms with Crippen LogP contribution < -0.4 is 16.0 Å². The Bertz CT molecular complexity index is 842. The van der Waals surface area contributed by atoms with Crippen molar-refractivity contribution in [2.45, 2.75) is 6.04 Å². The number of nitrogens with two attached hydrogens (primary N) is 1. The zero-order chi connectivity index (χ0) is 16.2. The molecule has 116 valence electrons. The van der Waals surface area contributed by atoms with Gasteiger partial charge in [0.25, 0.3) is 5.56 Å². The summed E-state index contributed by atoms with van der Waals surface area (Å²) in [5.41, 5.74) is 8.86. The first-order chi connectivity index (χ1) is 11.2. The van der Waals surface area contributed by atoms with E-state index in [1.807, 2.05) is 54.6 Å². The number of hydrogen-bond donors (Lipinski definition) is 2. The lowest BCUT2D eigenvalue weighted by Crippen LogP contribution is -2.23. The Morgan fingerprint density at radius 2 is 1.78 bits per heavy atom. The van der Waals surface area contributed by atoms with Gasteiger partial charge in [-0.2, -0.15) is 5.10 Å². The smallest absolute Gasteiger partial charge is 0.269 e. The van der Waals surface area contributed by atoms with Crippen molar-refractivity contribution in [2.24, 2.45) is 5.73 Å².